The molecule has 2 aromatic rings. The molecule has 0 saturated heterocycles. The molecule has 1 atom stereocenters. The summed E-state index contributed by atoms with van der Waals surface area (Å²) in [6.45, 7) is 4.47. The van der Waals surface area contributed by atoms with Crippen molar-refractivity contribution < 1.29 is 4.79 Å². The topological polar surface area (TPSA) is 68.0 Å². The summed E-state index contributed by atoms with van der Waals surface area (Å²) in [4.78, 5) is 16.3. The van der Waals surface area contributed by atoms with Gasteiger partial charge in [-0.3, -0.25) is 4.79 Å². The van der Waals surface area contributed by atoms with Crippen molar-refractivity contribution in [2.45, 2.75) is 32.7 Å². The molecule has 4 nitrogen and oxygen atoms in total. The molecule has 1 amide bonds. The standard InChI is InChI=1S/C16H21N3OS/c1-3-12-4-6-13(7-5-12)16-19-14(10-21-16)8-15(20)18-11(2)9-17/h4-7,10-11H,3,8-9,17H2,1-2H3,(H,18,20)/t11-/m0/s1. The predicted molar refractivity (Wildman–Crippen MR) is 87.3 cm³/mol. The van der Waals surface area contributed by atoms with Crippen molar-refractivity contribution in [2.75, 3.05) is 6.54 Å². The molecule has 0 unspecified atom stereocenters. The Balaban J connectivity index is 2.02. The van der Waals surface area contributed by atoms with Crippen LogP contribution in [0.15, 0.2) is 29.6 Å². The first-order chi connectivity index (χ1) is 10.1. The van der Waals surface area contributed by atoms with Crippen molar-refractivity contribution in [3.8, 4) is 10.6 Å². The Hall–Kier alpha value is -1.72. The van der Waals surface area contributed by atoms with E-state index >= 15 is 0 Å². The van der Waals surface area contributed by atoms with Gasteiger partial charge >= 0.3 is 0 Å². The highest BCUT2D eigenvalue weighted by molar-refractivity contribution is 7.13. The number of benzene rings is 1. The fraction of sp³-hybridized carbons (Fsp3) is 0.375. The van der Waals surface area contributed by atoms with Crippen LogP contribution in [0.3, 0.4) is 0 Å². The molecule has 2 rings (SSSR count). The lowest BCUT2D eigenvalue weighted by Crippen LogP contribution is -2.38. The smallest absolute Gasteiger partial charge is 0.226 e. The Labute approximate surface area is 129 Å². The number of hydrogen-bond donors (Lipinski definition) is 2. The predicted octanol–water partition coefficient (Wildman–Crippen LogP) is 2.38. The summed E-state index contributed by atoms with van der Waals surface area (Å²) >= 11 is 1.57. The third-order valence-corrected chi connectivity index (χ3v) is 4.20. The summed E-state index contributed by atoms with van der Waals surface area (Å²) in [5.74, 6) is -0.0360. The van der Waals surface area contributed by atoms with Crippen LogP contribution in [0, 0.1) is 0 Å². The van der Waals surface area contributed by atoms with E-state index in [0.29, 0.717) is 13.0 Å². The molecule has 0 saturated carbocycles. The van der Waals surface area contributed by atoms with Gasteiger partial charge in [0.1, 0.15) is 5.01 Å². The minimum absolute atomic E-state index is 0.00260. The molecule has 1 heterocycles. The van der Waals surface area contributed by atoms with E-state index in [4.69, 9.17) is 5.73 Å². The first-order valence-corrected chi connectivity index (χ1v) is 8.03. The van der Waals surface area contributed by atoms with E-state index in [1.807, 2.05) is 12.3 Å². The second-order valence-corrected chi connectivity index (χ2v) is 5.93. The van der Waals surface area contributed by atoms with E-state index in [2.05, 4.69) is 41.5 Å². The molecule has 0 spiro atoms. The van der Waals surface area contributed by atoms with Gasteiger partial charge in [0.05, 0.1) is 12.1 Å². The average molecular weight is 303 g/mol. The quantitative estimate of drug-likeness (QED) is 0.861. The minimum atomic E-state index is -0.0360. The molecule has 1 aromatic heterocycles. The normalized spacial score (nSPS) is 12.1. The highest BCUT2D eigenvalue weighted by Crippen LogP contribution is 2.24. The van der Waals surface area contributed by atoms with E-state index in [-0.39, 0.29) is 11.9 Å². The van der Waals surface area contributed by atoms with Gasteiger partial charge in [-0.1, -0.05) is 31.2 Å². The zero-order valence-electron chi connectivity index (χ0n) is 12.4. The first kappa shape index (κ1) is 15.7. The van der Waals surface area contributed by atoms with Crippen molar-refractivity contribution >= 4 is 17.2 Å². The van der Waals surface area contributed by atoms with Crippen LogP contribution >= 0.6 is 11.3 Å². The molecule has 0 bridgehead atoms. The molecule has 3 N–H and O–H groups in total. The minimum Gasteiger partial charge on any atom is -0.352 e. The number of hydrogen-bond acceptors (Lipinski definition) is 4. The molecule has 0 radical (unpaired) electrons. The van der Waals surface area contributed by atoms with Crippen LogP contribution in [-0.4, -0.2) is 23.5 Å². The second kappa shape index (κ2) is 7.33. The van der Waals surface area contributed by atoms with Crippen LogP contribution in [0.25, 0.3) is 10.6 Å². The van der Waals surface area contributed by atoms with Gasteiger partial charge in [0.25, 0.3) is 0 Å². The van der Waals surface area contributed by atoms with Crippen LogP contribution in [-0.2, 0) is 17.6 Å². The maximum absolute atomic E-state index is 11.8. The van der Waals surface area contributed by atoms with E-state index in [0.717, 1.165) is 22.7 Å². The van der Waals surface area contributed by atoms with E-state index in [9.17, 15) is 4.79 Å². The second-order valence-electron chi connectivity index (χ2n) is 5.08. The Morgan fingerprint density at radius 3 is 2.71 bits per heavy atom. The lowest BCUT2D eigenvalue weighted by atomic mass is 10.1. The SMILES string of the molecule is CCc1ccc(-c2nc(CC(=O)N[C@@H](C)CN)cs2)cc1. The van der Waals surface area contributed by atoms with E-state index in [1.165, 1.54) is 5.56 Å². The molecular formula is C16H21N3OS. The van der Waals surface area contributed by atoms with Gasteiger partial charge < -0.3 is 11.1 Å². The van der Waals surface area contributed by atoms with E-state index < -0.39 is 0 Å². The molecule has 5 heteroatoms. The number of thiazole rings is 1. The van der Waals surface area contributed by atoms with Crippen molar-refractivity contribution in [3.05, 3.63) is 40.9 Å². The largest absolute Gasteiger partial charge is 0.352 e. The Bertz CT molecular complexity index is 592. The molecule has 1 aromatic carbocycles. The number of nitrogens with zero attached hydrogens (tertiary/aromatic N) is 1. The number of carbonyl (C=O) groups excluding carboxylic acids is 1. The van der Waals surface area contributed by atoms with Crippen LogP contribution < -0.4 is 11.1 Å². The summed E-state index contributed by atoms with van der Waals surface area (Å²) in [6, 6.07) is 8.39. The van der Waals surface area contributed by atoms with Gasteiger partial charge in [-0.15, -0.1) is 11.3 Å². The zero-order valence-corrected chi connectivity index (χ0v) is 13.2. The van der Waals surface area contributed by atoms with Crippen LogP contribution in [0.1, 0.15) is 25.1 Å². The molecule has 0 aliphatic rings. The Morgan fingerprint density at radius 2 is 2.10 bits per heavy atom. The fourth-order valence-electron chi connectivity index (χ4n) is 1.95. The molecule has 112 valence electrons. The molecule has 21 heavy (non-hydrogen) atoms. The van der Waals surface area contributed by atoms with E-state index in [1.54, 1.807) is 11.3 Å². The van der Waals surface area contributed by atoms with Gasteiger partial charge in [0.15, 0.2) is 0 Å². The summed E-state index contributed by atoms with van der Waals surface area (Å²) in [5.41, 5.74) is 8.70. The highest BCUT2D eigenvalue weighted by atomic mass is 32.1. The molecular weight excluding hydrogens is 282 g/mol. The number of aryl methyl sites for hydroxylation is 1. The highest BCUT2D eigenvalue weighted by Gasteiger charge is 2.10. The third kappa shape index (κ3) is 4.37. The first-order valence-electron chi connectivity index (χ1n) is 7.15. The van der Waals surface area contributed by atoms with Gasteiger partial charge in [0, 0.05) is 23.5 Å². The Morgan fingerprint density at radius 1 is 1.38 bits per heavy atom. The van der Waals surface area contributed by atoms with Gasteiger partial charge in [-0.05, 0) is 18.9 Å². The summed E-state index contributed by atoms with van der Waals surface area (Å²) in [6.07, 6.45) is 1.33. The van der Waals surface area contributed by atoms with Gasteiger partial charge in [0.2, 0.25) is 5.91 Å². The number of amides is 1. The van der Waals surface area contributed by atoms with Gasteiger partial charge in [-0.2, -0.15) is 0 Å². The maximum Gasteiger partial charge on any atom is 0.226 e. The van der Waals surface area contributed by atoms with Crippen molar-refractivity contribution in [1.29, 1.82) is 0 Å². The van der Waals surface area contributed by atoms with Crippen LogP contribution in [0.2, 0.25) is 0 Å². The lowest BCUT2D eigenvalue weighted by Gasteiger charge is -2.09. The number of nitrogens with two attached hydrogens (primary N) is 1. The molecule has 0 fully saturated rings. The summed E-state index contributed by atoms with van der Waals surface area (Å²) < 4.78 is 0. The number of nitrogens with one attached hydrogen (secondary N) is 1. The summed E-state index contributed by atoms with van der Waals surface area (Å²) in [7, 11) is 0. The number of aromatic nitrogens is 1. The fourth-order valence-corrected chi connectivity index (χ4v) is 2.78. The lowest BCUT2D eigenvalue weighted by molar-refractivity contribution is -0.121. The zero-order chi connectivity index (χ0) is 15.2. The van der Waals surface area contributed by atoms with Crippen molar-refractivity contribution in [1.82, 2.24) is 10.3 Å². The molecule has 0 aliphatic heterocycles. The summed E-state index contributed by atoms with van der Waals surface area (Å²) in [5, 5.41) is 5.73. The van der Waals surface area contributed by atoms with Crippen molar-refractivity contribution in [2.24, 2.45) is 5.73 Å². The average Bonchev–Trinajstić information content (AvgIpc) is 2.95. The monoisotopic (exact) mass is 303 g/mol. The molecule has 0 aliphatic carbocycles. The number of carbonyl (C=O) groups is 1. The Kier molecular flexibility index (Phi) is 5.47. The maximum atomic E-state index is 11.8. The third-order valence-electron chi connectivity index (χ3n) is 3.26. The van der Waals surface area contributed by atoms with Gasteiger partial charge in [-0.25, -0.2) is 4.98 Å². The van der Waals surface area contributed by atoms with Crippen LogP contribution in [0.5, 0.6) is 0 Å². The van der Waals surface area contributed by atoms with Crippen LogP contribution in [0.4, 0.5) is 0 Å². The van der Waals surface area contributed by atoms with Crippen molar-refractivity contribution in [3.63, 3.8) is 0 Å². The number of rotatable bonds is 6.